The van der Waals surface area contributed by atoms with Crippen molar-refractivity contribution in [2.45, 2.75) is 0 Å². The number of pyridine rings is 2. The van der Waals surface area contributed by atoms with Crippen molar-refractivity contribution >= 4 is 23.9 Å². The van der Waals surface area contributed by atoms with E-state index in [2.05, 4.69) is 0 Å². The highest BCUT2D eigenvalue weighted by molar-refractivity contribution is 5.91. The lowest BCUT2D eigenvalue weighted by atomic mass is 9.97. The van der Waals surface area contributed by atoms with E-state index in [-0.39, 0.29) is 22.3 Å². The van der Waals surface area contributed by atoms with Gasteiger partial charge >= 0.3 is 23.9 Å². The Bertz CT molecular complexity index is 2230. The minimum absolute atomic E-state index is 0.144. The molecule has 10 heteroatoms. The monoisotopic (exact) mass is 712 g/mol. The second kappa shape index (κ2) is 14.5. The largest absolute Gasteiger partial charge is 0.478 e. The van der Waals surface area contributed by atoms with Gasteiger partial charge in [0.2, 0.25) is 0 Å². The van der Waals surface area contributed by atoms with E-state index in [1.54, 1.807) is 48.5 Å². The number of rotatable bonds is 10. The molecule has 2 aromatic heterocycles. The Morgan fingerprint density at radius 3 is 0.667 bits per heavy atom. The average molecular weight is 713 g/mol. The predicted octanol–water partition coefficient (Wildman–Crippen LogP) is 9.27. The summed E-state index contributed by atoms with van der Waals surface area (Å²) in [4.78, 5) is 55.8. The molecule has 0 saturated heterocycles. The first kappa shape index (κ1) is 34.7. The molecule has 0 saturated carbocycles. The molecule has 0 atom stereocenters. The van der Waals surface area contributed by atoms with Crippen molar-refractivity contribution in [2.75, 3.05) is 0 Å². The second-order valence-electron chi connectivity index (χ2n) is 12.4. The van der Waals surface area contributed by atoms with E-state index in [1.807, 2.05) is 48.5 Å². The van der Waals surface area contributed by atoms with Crippen LogP contribution in [0.25, 0.3) is 67.3 Å². The molecule has 0 fully saturated rings. The van der Waals surface area contributed by atoms with Gasteiger partial charge in [-0.1, -0.05) is 72.8 Å². The van der Waals surface area contributed by atoms with Crippen LogP contribution in [0.5, 0.6) is 0 Å². The SMILES string of the molecule is O=C(O)c1ccc(-c2cc(-c3ccc(C(=O)O)cc3)nc(-c3ccc(-c4cc(-c5ccc(C(=O)O)cc5)cc(-c5ccc(C(=O)O)cc5)n4)cc3)c2)cc1. The maximum Gasteiger partial charge on any atom is 0.335 e. The number of benzene rings is 5. The highest BCUT2D eigenvalue weighted by Gasteiger charge is 2.14. The smallest absolute Gasteiger partial charge is 0.335 e. The van der Waals surface area contributed by atoms with Crippen molar-refractivity contribution in [3.63, 3.8) is 0 Å². The Morgan fingerprint density at radius 1 is 0.278 bits per heavy atom. The predicted molar refractivity (Wildman–Crippen MR) is 202 cm³/mol. The summed E-state index contributed by atoms with van der Waals surface area (Å²) in [5.41, 5.74) is 9.06. The van der Waals surface area contributed by atoms with Gasteiger partial charge in [-0.3, -0.25) is 0 Å². The molecule has 0 bridgehead atoms. The fourth-order valence-corrected chi connectivity index (χ4v) is 5.98. The second-order valence-corrected chi connectivity index (χ2v) is 12.4. The fourth-order valence-electron chi connectivity index (χ4n) is 5.98. The number of carbonyl (C=O) groups is 4. The van der Waals surface area contributed by atoms with Crippen molar-refractivity contribution in [3.05, 3.63) is 168 Å². The van der Waals surface area contributed by atoms with E-state index >= 15 is 0 Å². The van der Waals surface area contributed by atoms with Gasteiger partial charge in [-0.15, -0.1) is 0 Å². The van der Waals surface area contributed by atoms with Gasteiger partial charge in [0.15, 0.2) is 0 Å². The van der Waals surface area contributed by atoms with Crippen LogP contribution in [-0.4, -0.2) is 54.3 Å². The van der Waals surface area contributed by atoms with Crippen molar-refractivity contribution < 1.29 is 39.6 Å². The van der Waals surface area contributed by atoms with E-state index in [0.717, 1.165) is 33.4 Å². The molecule has 0 unspecified atom stereocenters. The van der Waals surface area contributed by atoms with E-state index in [0.29, 0.717) is 33.9 Å². The van der Waals surface area contributed by atoms with Gasteiger partial charge in [-0.2, -0.15) is 0 Å². The summed E-state index contributed by atoms with van der Waals surface area (Å²) in [7, 11) is 0. The van der Waals surface area contributed by atoms with Gasteiger partial charge in [0.05, 0.1) is 45.0 Å². The number of aromatic carboxylic acids is 4. The van der Waals surface area contributed by atoms with Crippen LogP contribution in [0.4, 0.5) is 0 Å². The molecule has 0 spiro atoms. The fraction of sp³-hybridized carbons (Fsp3) is 0. The molecular weight excluding hydrogens is 684 g/mol. The third-order valence-corrected chi connectivity index (χ3v) is 8.91. The molecule has 0 aliphatic carbocycles. The first-order chi connectivity index (χ1) is 26.0. The van der Waals surface area contributed by atoms with Gasteiger partial charge in [0, 0.05) is 22.3 Å². The molecule has 5 aromatic carbocycles. The maximum atomic E-state index is 11.5. The van der Waals surface area contributed by atoms with Gasteiger partial charge < -0.3 is 20.4 Å². The molecule has 2 heterocycles. The minimum atomic E-state index is -1.04. The highest BCUT2D eigenvalue weighted by Crippen LogP contribution is 2.34. The first-order valence-electron chi connectivity index (χ1n) is 16.5. The summed E-state index contributed by atoms with van der Waals surface area (Å²) in [5.74, 6) is -4.14. The van der Waals surface area contributed by atoms with Gasteiger partial charge in [0.1, 0.15) is 0 Å². The lowest BCUT2D eigenvalue weighted by Crippen LogP contribution is -1.97. The topological polar surface area (TPSA) is 175 Å². The van der Waals surface area contributed by atoms with Crippen LogP contribution in [0.3, 0.4) is 0 Å². The molecule has 54 heavy (non-hydrogen) atoms. The summed E-state index contributed by atoms with van der Waals surface area (Å²) in [6, 6.07) is 41.0. The number of hydrogen-bond acceptors (Lipinski definition) is 6. The van der Waals surface area contributed by atoms with E-state index in [9.17, 15) is 39.6 Å². The van der Waals surface area contributed by atoms with Gasteiger partial charge in [-0.05, 0) is 95.1 Å². The van der Waals surface area contributed by atoms with Crippen molar-refractivity contribution in [1.82, 2.24) is 9.97 Å². The Labute approximate surface area is 307 Å². The third-order valence-electron chi connectivity index (χ3n) is 8.91. The van der Waals surface area contributed by atoms with Gasteiger partial charge in [-0.25, -0.2) is 29.1 Å². The van der Waals surface area contributed by atoms with Gasteiger partial charge in [0.25, 0.3) is 0 Å². The Balaban J connectivity index is 1.30. The zero-order chi connectivity index (χ0) is 37.9. The normalized spacial score (nSPS) is 10.8. The Hall–Kier alpha value is -7.72. The summed E-state index contributed by atoms with van der Waals surface area (Å²) >= 11 is 0. The van der Waals surface area contributed by atoms with Crippen LogP contribution < -0.4 is 0 Å². The molecule has 0 radical (unpaired) electrons. The Morgan fingerprint density at radius 2 is 0.463 bits per heavy atom. The molecule has 262 valence electrons. The lowest BCUT2D eigenvalue weighted by molar-refractivity contribution is 0.0686. The molecule has 4 N–H and O–H groups in total. The van der Waals surface area contributed by atoms with Crippen LogP contribution in [-0.2, 0) is 0 Å². The first-order valence-corrected chi connectivity index (χ1v) is 16.5. The summed E-state index contributed by atoms with van der Waals surface area (Å²) in [6.45, 7) is 0. The summed E-state index contributed by atoms with van der Waals surface area (Å²) < 4.78 is 0. The molecule has 7 aromatic rings. The molecular formula is C44H28N2O8. The average Bonchev–Trinajstić information content (AvgIpc) is 3.20. The quantitative estimate of drug-likeness (QED) is 0.107. The number of nitrogens with zero attached hydrogens (tertiary/aromatic N) is 2. The van der Waals surface area contributed by atoms with Crippen molar-refractivity contribution in [3.8, 4) is 67.3 Å². The van der Waals surface area contributed by atoms with Crippen LogP contribution in [0, 0.1) is 0 Å². The van der Waals surface area contributed by atoms with Crippen LogP contribution in [0.1, 0.15) is 41.4 Å². The van der Waals surface area contributed by atoms with E-state index in [4.69, 9.17) is 9.97 Å². The number of hydrogen-bond donors (Lipinski definition) is 4. The van der Waals surface area contributed by atoms with Crippen LogP contribution in [0.15, 0.2) is 146 Å². The van der Waals surface area contributed by atoms with Crippen molar-refractivity contribution in [1.29, 1.82) is 0 Å². The number of carboxylic acids is 4. The molecule has 0 aliphatic rings. The zero-order valence-electron chi connectivity index (χ0n) is 28.2. The van der Waals surface area contributed by atoms with E-state index < -0.39 is 23.9 Å². The molecule has 7 rings (SSSR count). The lowest BCUT2D eigenvalue weighted by Gasteiger charge is -2.13. The Kier molecular flexibility index (Phi) is 9.31. The highest BCUT2D eigenvalue weighted by atomic mass is 16.4. The number of aromatic nitrogens is 2. The van der Waals surface area contributed by atoms with Crippen LogP contribution >= 0.6 is 0 Å². The molecule has 0 amide bonds. The zero-order valence-corrected chi connectivity index (χ0v) is 28.2. The maximum absolute atomic E-state index is 11.5. The van der Waals surface area contributed by atoms with Crippen LogP contribution in [0.2, 0.25) is 0 Å². The molecule has 0 aliphatic heterocycles. The standard InChI is InChI=1S/C44H28N2O8/c47-41(48)31-13-1-25(2-14-31)35-21-37(45-39(23-35)29-9-17-33(18-10-29)43(51)52)27-5-7-28(8-6-27)38-22-36(26-3-15-32(16-4-26)42(49)50)24-40(46-38)30-11-19-34(20-12-30)44(53)54/h1-24H,(H,47,48)(H,49,50)(H,51,52)(H,53,54). The summed E-state index contributed by atoms with van der Waals surface area (Å²) in [6.07, 6.45) is 0. The van der Waals surface area contributed by atoms with Crippen molar-refractivity contribution in [2.24, 2.45) is 0 Å². The minimum Gasteiger partial charge on any atom is -0.478 e. The molecule has 10 nitrogen and oxygen atoms in total. The summed E-state index contributed by atoms with van der Waals surface area (Å²) in [5, 5.41) is 37.6. The van der Waals surface area contributed by atoms with E-state index in [1.165, 1.54) is 48.5 Å². The number of carboxylic acid groups (broad SMARTS) is 4. The third kappa shape index (κ3) is 7.34.